The highest BCUT2D eigenvalue weighted by molar-refractivity contribution is 8.11. The van der Waals surface area contributed by atoms with Crippen LogP contribution in [0.5, 0.6) is 0 Å². The monoisotopic (exact) mass is 218 g/mol. The molecular weight excluding hydrogens is 208 g/mol. The third-order valence-electron chi connectivity index (χ3n) is 0. The fourth-order valence-corrected chi connectivity index (χ4v) is 0. The van der Waals surface area contributed by atoms with Crippen molar-refractivity contribution in [2.45, 2.75) is 0 Å². The molecule has 0 aromatic heterocycles. The highest BCUT2D eigenvalue weighted by atomic mass is 32.1. The van der Waals surface area contributed by atoms with Crippen LogP contribution in [0.1, 0.15) is 0 Å². The summed E-state index contributed by atoms with van der Waals surface area (Å²) >= 11 is 15.3. The normalized spacial score (nSPS) is 5.60. The number of hydrogen-bond acceptors (Lipinski definition) is 4. The maximum absolute atomic E-state index is 4.71. The second-order valence-corrected chi connectivity index (χ2v) is 3.12. The van der Waals surface area contributed by atoms with Gasteiger partial charge < -0.3 is 11.5 Å². The lowest BCUT2D eigenvalue weighted by Crippen LogP contribution is -2.02. The topological polar surface area (TPSA) is 104 Å². The number of hydrogen-bond donors (Lipinski definition) is 6. The Morgan fingerprint density at radius 1 is 0.900 bits per heavy atom. The maximum Gasteiger partial charge on any atom is 0.128 e. The molecule has 0 aromatic rings. The van der Waals surface area contributed by atoms with E-state index in [0.29, 0.717) is 0 Å². The largest absolute Gasteiger partial charge is 0.385 e. The minimum absolute atomic E-state index is 0.194. The van der Waals surface area contributed by atoms with Gasteiger partial charge in [-0.25, -0.2) is 0 Å². The van der Waals surface area contributed by atoms with Crippen molar-refractivity contribution < 1.29 is 0 Å². The second kappa shape index (κ2) is 16.2. The number of thiol groups is 2. The number of thiocarbonyl (C=S) groups is 2. The van der Waals surface area contributed by atoms with Gasteiger partial charge in [0.05, 0.1) is 0 Å². The van der Waals surface area contributed by atoms with Gasteiger partial charge in [0.25, 0.3) is 0 Å². The summed E-state index contributed by atoms with van der Waals surface area (Å²) in [6.07, 6.45) is 0. The van der Waals surface area contributed by atoms with Crippen LogP contribution in [0.3, 0.4) is 0 Å². The van der Waals surface area contributed by atoms with Crippen LogP contribution in [0.2, 0.25) is 0 Å². The molecule has 0 bridgehead atoms. The van der Waals surface area contributed by atoms with E-state index in [2.05, 4.69) is 61.4 Å². The minimum Gasteiger partial charge on any atom is -0.385 e. The first kappa shape index (κ1) is 16.8. The van der Waals surface area contributed by atoms with Gasteiger partial charge in [0, 0.05) is 0 Å². The second-order valence-electron chi connectivity index (χ2n) is 0.676. The van der Waals surface area contributed by atoms with E-state index in [-0.39, 0.29) is 8.64 Å². The fourth-order valence-electron chi connectivity index (χ4n) is 0. The van der Waals surface area contributed by atoms with Crippen LogP contribution in [0, 0.1) is 0 Å². The van der Waals surface area contributed by atoms with Crippen molar-refractivity contribution in [1.82, 2.24) is 0 Å². The molecule has 10 heavy (non-hydrogen) atoms. The zero-order valence-electron chi connectivity index (χ0n) is 5.02. The van der Waals surface area contributed by atoms with Gasteiger partial charge in [-0.05, 0) is 0 Å². The summed E-state index contributed by atoms with van der Waals surface area (Å²) < 4.78 is 0.389. The number of nitrogens with two attached hydrogens (primary N) is 4. The molecule has 0 heterocycles. The first-order valence-electron chi connectivity index (χ1n) is 1.77. The van der Waals surface area contributed by atoms with Crippen LogP contribution >= 0.6 is 49.7 Å². The van der Waals surface area contributed by atoms with Crippen LogP contribution in [-0.4, -0.2) is 8.64 Å². The molecule has 0 radical (unpaired) electrons. The van der Waals surface area contributed by atoms with Gasteiger partial charge in [-0.1, -0.05) is 24.4 Å². The SMILES string of the molecule is NC(=S)S.NC(=S)S.NN. The van der Waals surface area contributed by atoms with E-state index in [1.165, 1.54) is 0 Å². The van der Waals surface area contributed by atoms with E-state index in [1.54, 1.807) is 0 Å². The highest BCUT2D eigenvalue weighted by Crippen LogP contribution is 1.63. The summed E-state index contributed by atoms with van der Waals surface area (Å²) in [5.41, 5.74) is 9.41. The first-order valence-corrected chi connectivity index (χ1v) is 3.48. The lowest BCUT2D eigenvalue weighted by atomic mass is 11.5. The van der Waals surface area contributed by atoms with Crippen LogP contribution in [0.15, 0.2) is 0 Å². The van der Waals surface area contributed by atoms with Gasteiger partial charge in [-0.3, -0.25) is 11.7 Å². The van der Waals surface area contributed by atoms with Gasteiger partial charge in [-0.15, -0.1) is 25.3 Å². The standard InChI is InChI=1S/2CH3NS2.H4N2/c2*2-1(3)4;1-2/h2*(H3,2,3,4);1-2H2. The maximum atomic E-state index is 4.71. The Labute approximate surface area is 81.5 Å². The third kappa shape index (κ3) is 2870. The predicted octanol–water partition coefficient (Wildman–Crippen LogP) is -0.862. The van der Waals surface area contributed by atoms with Crippen molar-refractivity contribution in [2.24, 2.45) is 23.2 Å². The quantitative estimate of drug-likeness (QED) is 0.137. The molecule has 0 atom stereocenters. The zero-order chi connectivity index (χ0) is 9.15. The summed E-state index contributed by atoms with van der Waals surface area (Å²) in [5, 5.41) is 0. The van der Waals surface area contributed by atoms with Gasteiger partial charge in [-0.2, -0.15) is 0 Å². The minimum atomic E-state index is 0.194. The summed E-state index contributed by atoms with van der Waals surface area (Å²) in [5.74, 6) is 8.00. The fraction of sp³-hybridized carbons (Fsp3) is 0. The molecule has 62 valence electrons. The van der Waals surface area contributed by atoms with Gasteiger partial charge in [0.1, 0.15) is 8.64 Å². The van der Waals surface area contributed by atoms with E-state index in [1.807, 2.05) is 0 Å². The van der Waals surface area contributed by atoms with E-state index in [0.717, 1.165) is 0 Å². The third-order valence-corrected chi connectivity index (χ3v) is 0. The molecule has 0 aliphatic carbocycles. The van der Waals surface area contributed by atoms with Gasteiger partial charge >= 0.3 is 0 Å². The van der Waals surface area contributed by atoms with E-state index in [4.69, 9.17) is 11.5 Å². The van der Waals surface area contributed by atoms with Crippen molar-refractivity contribution in [2.75, 3.05) is 0 Å². The van der Waals surface area contributed by atoms with Crippen molar-refractivity contribution in [3.05, 3.63) is 0 Å². The Kier molecular flexibility index (Phi) is 27.2. The molecule has 0 saturated carbocycles. The van der Waals surface area contributed by atoms with E-state index in [9.17, 15) is 0 Å². The molecule has 0 saturated heterocycles. The molecule has 0 fully saturated rings. The van der Waals surface area contributed by atoms with Gasteiger partial charge in [0.15, 0.2) is 0 Å². The van der Waals surface area contributed by atoms with Crippen LogP contribution in [0.4, 0.5) is 0 Å². The molecule has 0 aliphatic rings. The number of rotatable bonds is 0. The molecule has 4 nitrogen and oxygen atoms in total. The Morgan fingerprint density at radius 3 is 0.900 bits per heavy atom. The molecule has 8 N–H and O–H groups in total. The molecular formula is C2H10N4S4. The zero-order valence-corrected chi connectivity index (χ0v) is 8.44. The Balaban J connectivity index is -0.0000000787. The summed E-state index contributed by atoms with van der Waals surface area (Å²) in [4.78, 5) is 0. The van der Waals surface area contributed by atoms with Crippen LogP contribution in [0.25, 0.3) is 0 Å². The lowest BCUT2D eigenvalue weighted by Gasteiger charge is -1.64. The Bertz CT molecular complexity index is 73.3. The summed E-state index contributed by atoms with van der Waals surface area (Å²) in [7, 11) is 0. The molecule has 0 amide bonds. The molecule has 0 aromatic carbocycles. The lowest BCUT2D eigenvalue weighted by molar-refractivity contribution is 1.26. The van der Waals surface area contributed by atoms with Crippen LogP contribution in [-0.2, 0) is 0 Å². The average molecular weight is 218 g/mol. The summed E-state index contributed by atoms with van der Waals surface area (Å²) in [6, 6.07) is 0. The first-order chi connectivity index (χ1) is 4.46. The molecule has 0 unspecified atom stereocenters. The molecule has 0 aliphatic heterocycles. The van der Waals surface area contributed by atoms with Crippen molar-refractivity contribution in [3.63, 3.8) is 0 Å². The molecule has 0 rings (SSSR count). The van der Waals surface area contributed by atoms with Crippen LogP contribution < -0.4 is 23.2 Å². The van der Waals surface area contributed by atoms with E-state index >= 15 is 0 Å². The molecule has 8 heteroatoms. The average Bonchev–Trinajstić information content (AvgIpc) is 1.66. The van der Waals surface area contributed by atoms with Crippen molar-refractivity contribution >= 4 is 58.3 Å². The van der Waals surface area contributed by atoms with E-state index < -0.39 is 0 Å². The Morgan fingerprint density at radius 2 is 0.900 bits per heavy atom. The van der Waals surface area contributed by atoms with Crippen molar-refractivity contribution in [1.29, 1.82) is 0 Å². The van der Waals surface area contributed by atoms with Crippen molar-refractivity contribution in [3.8, 4) is 0 Å². The predicted molar refractivity (Wildman–Crippen MR) is 59.9 cm³/mol. The number of hydrazine groups is 1. The molecule has 0 spiro atoms. The Hall–Kier alpha value is 0.400. The summed E-state index contributed by atoms with van der Waals surface area (Å²) in [6.45, 7) is 0. The smallest absolute Gasteiger partial charge is 0.128 e. The van der Waals surface area contributed by atoms with Gasteiger partial charge in [0.2, 0.25) is 0 Å². The highest BCUT2D eigenvalue weighted by Gasteiger charge is 1.56.